The molecule has 1 heterocycles. The molecule has 0 spiro atoms. The van der Waals surface area contributed by atoms with Crippen LogP contribution in [0.25, 0.3) is 0 Å². The first-order valence-corrected chi connectivity index (χ1v) is 6.33. The van der Waals surface area contributed by atoms with Crippen LogP contribution in [0.5, 0.6) is 0 Å². The molecule has 21 heavy (non-hydrogen) atoms. The van der Waals surface area contributed by atoms with Gasteiger partial charge in [-0.2, -0.15) is 0 Å². The summed E-state index contributed by atoms with van der Waals surface area (Å²) >= 11 is 5.69. The molecule has 2 amide bonds. The Morgan fingerprint density at radius 2 is 2.14 bits per heavy atom. The van der Waals surface area contributed by atoms with Crippen molar-refractivity contribution in [2.75, 3.05) is 5.32 Å². The van der Waals surface area contributed by atoms with E-state index in [-0.39, 0.29) is 22.9 Å². The van der Waals surface area contributed by atoms with Gasteiger partial charge in [0, 0.05) is 18.0 Å². The molecule has 0 aliphatic heterocycles. The molecule has 2 rings (SSSR count). The van der Waals surface area contributed by atoms with Gasteiger partial charge in [-0.15, -0.1) is 0 Å². The SMILES string of the molecule is O=C(NCc1ccccn1)Nc1ccc(Cl)c([N+](=O)[O-])c1. The smallest absolute Gasteiger partial charge is 0.319 e. The predicted molar refractivity (Wildman–Crippen MR) is 78.2 cm³/mol. The van der Waals surface area contributed by atoms with Crippen molar-refractivity contribution in [3.05, 3.63) is 63.4 Å². The number of nitrogens with zero attached hydrogens (tertiary/aromatic N) is 2. The Bertz CT molecular complexity index is 664. The number of hydrogen-bond donors (Lipinski definition) is 2. The molecule has 2 aromatic rings. The number of anilines is 1. The monoisotopic (exact) mass is 306 g/mol. The van der Waals surface area contributed by atoms with Crippen LogP contribution in [-0.4, -0.2) is 15.9 Å². The fourth-order valence-corrected chi connectivity index (χ4v) is 1.77. The normalized spacial score (nSPS) is 9.95. The second-order valence-corrected chi connectivity index (χ2v) is 4.46. The molecular formula is C13H11ClN4O3. The van der Waals surface area contributed by atoms with Crippen LogP contribution in [0.15, 0.2) is 42.6 Å². The highest BCUT2D eigenvalue weighted by atomic mass is 35.5. The maximum Gasteiger partial charge on any atom is 0.319 e. The van der Waals surface area contributed by atoms with Crippen molar-refractivity contribution < 1.29 is 9.72 Å². The van der Waals surface area contributed by atoms with E-state index in [9.17, 15) is 14.9 Å². The Kier molecular flexibility index (Phi) is 4.68. The zero-order chi connectivity index (χ0) is 15.2. The number of nitrogens with one attached hydrogen (secondary N) is 2. The van der Waals surface area contributed by atoms with E-state index in [2.05, 4.69) is 15.6 Å². The number of pyridine rings is 1. The largest absolute Gasteiger partial charge is 0.332 e. The minimum absolute atomic E-state index is 0.0134. The number of nitro benzene ring substituents is 1. The molecule has 108 valence electrons. The van der Waals surface area contributed by atoms with Gasteiger partial charge in [0.1, 0.15) is 5.02 Å². The first-order valence-electron chi connectivity index (χ1n) is 5.95. The number of aromatic nitrogens is 1. The van der Waals surface area contributed by atoms with E-state index in [0.717, 1.165) is 0 Å². The second-order valence-electron chi connectivity index (χ2n) is 4.05. The molecule has 0 fully saturated rings. The number of carbonyl (C=O) groups is 1. The van der Waals surface area contributed by atoms with Crippen molar-refractivity contribution in [1.29, 1.82) is 0 Å². The number of carbonyl (C=O) groups excluding carboxylic acids is 1. The van der Waals surface area contributed by atoms with Crippen molar-refractivity contribution in [1.82, 2.24) is 10.3 Å². The molecule has 1 aromatic heterocycles. The van der Waals surface area contributed by atoms with Gasteiger partial charge in [0.05, 0.1) is 17.2 Å². The molecule has 0 radical (unpaired) electrons. The van der Waals surface area contributed by atoms with E-state index in [1.54, 1.807) is 18.3 Å². The van der Waals surface area contributed by atoms with Crippen LogP contribution in [-0.2, 0) is 6.54 Å². The number of halogens is 1. The third-order valence-electron chi connectivity index (χ3n) is 2.56. The van der Waals surface area contributed by atoms with Crippen LogP contribution in [0.3, 0.4) is 0 Å². The molecule has 0 bridgehead atoms. The van der Waals surface area contributed by atoms with Crippen molar-refractivity contribution in [3.8, 4) is 0 Å². The van der Waals surface area contributed by atoms with Gasteiger partial charge in [0.15, 0.2) is 0 Å². The van der Waals surface area contributed by atoms with Gasteiger partial charge in [-0.05, 0) is 24.3 Å². The lowest BCUT2D eigenvalue weighted by Crippen LogP contribution is -2.28. The van der Waals surface area contributed by atoms with Crippen molar-refractivity contribution in [3.63, 3.8) is 0 Å². The average Bonchev–Trinajstić information content (AvgIpc) is 2.48. The number of urea groups is 1. The van der Waals surface area contributed by atoms with Gasteiger partial charge < -0.3 is 10.6 Å². The standard InChI is InChI=1S/C13H11ClN4O3/c14-11-5-4-9(7-12(11)18(20)21)17-13(19)16-8-10-3-1-2-6-15-10/h1-7H,8H2,(H2,16,17,19). The maximum absolute atomic E-state index is 11.7. The fraction of sp³-hybridized carbons (Fsp3) is 0.0769. The summed E-state index contributed by atoms with van der Waals surface area (Å²) in [6.45, 7) is 0.252. The molecule has 8 heteroatoms. The molecule has 7 nitrogen and oxygen atoms in total. The molecule has 0 atom stereocenters. The summed E-state index contributed by atoms with van der Waals surface area (Å²) in [5.41, 5.74) is 0.721. The van der Waals surface area contributed by atoms with E-state index in [0.29, 0.717) is 5.69 Å². The fourth-order valence-electron chi connectivity index (χ4n) is 1.58. The third-order valence-corrected chi connectivity index (χ3v) is 2.88. The summed E-state index contributed by atoms with van der Waals surface area (Å²) in [5, 5.41) is 15.9. The second kappa shape index (κ2) is 6.67. The van der Waals surface area contributed by atoms with Crippen LogP contribution in [0, 0.1) is 10.1 Å². The van der Waals surface area contributed by atoms with Crippen LogP contribution in [0.2, 0.25) is 5.02 Å². The average molecular weight is 307 g/mol. The highest BCUT2D eigenvalue weighted by Gasteiger charge is 2.13. The lowest BCUT2D eigenvalue weighted by atomic mass is 10.3. The van der Waals surface area contributed by atoms with Crippen molar-refractivity contribution in [2.45, 2.75) is 6.54 Å². The number of rotatable bonds is 4. The van der Waals surface area contributed by atoms with E-state index in [1.807, 2.05) is 6.07 Å². The van der Waals surface area contributed by atoms with E-state index >= 15 is 0 Å². The van der Waals surface area contributed by atoms with E-state index in [1.165, 1.54) is 18.2 Å². The maximum atomic E-state index is 11.7. The quantitative estimate of drug-likeness (QED) is 0.670. The minimum Gasteiger partial charge on any atom is -0.332 e. The molecule has 0 aliphatic rings. The van der Waals surface area contributed by atoms with E-state index in [4.69, 9.17) is 11.6 Å². The zero-order valence-electron chi connectivity index (χ0n) is 10.7. The highest BCUT2D eigenvalue weighted by molar-refractivity contribution is 6.32. The molecule has 0 unspecified atom stereocenters. The Labute approximate surface area is 125 Å². The molecule has 0 aliphatic carbocycles. The highest BCUT2D eigenvalue weighted by Crippen LogP contribution is 2.27. The Morgan fingerprint density at radius 1 is 1.33 bits per heavy atom. The van der Waals surface area contributed by atoms with Gasteiger partial charge in [0.25, 0.3) is 5.69 Å². The summed E-state index contributed by atoms with van der Waals surface area (Å²) < 4.78 is 0. The Balaban J connectivity index is 1.97. The van der Waals surface area contributed by atoms with Gasteiger partial charge in [-0.1, -0.05) is 17.7 Å². The van der Waals surface area contributed by atoms with Crippen molar-refractivity contribution >= 4 is 29.0 Å². The number of benzene rings is 1. The van der Waals surface area contributed by atoms with Crippen molar-refractivity contribution in [2.24, 2.45) is 0 Å². The number of nitro groups is 1. The third kappa shape index (κ3) is 4.15. The lowest BCUT2D eigenvalue weighted by Gasteiger charge is -2.07. The summed E-state index contributed by atoms with van der Waals surface area (Å²) in [5.74, 6) is 0. The Morgan fingerprint density at radius 3 is 2.81 bits per heavy atom. The van der Waals surface area contributed by atoms with Gasteiger partial charge in [0.2, 0.25) is 0 Å². The van der Waals surface area contributed by atoms with Gasteiger partial charge in [-0.25, -0.2) is 4.79 Å². The number of amides is 2. The summed E-state index contributed by atoms with van der Waals surface area (Å²) in [4.78, 5) is 25.9. The van der Waals surface area contributed by atoms with Crippen LogP contribution < -0.4 is 10.6 Å². The summed E-state index contributed by atoms with van der Waals surface area (Å²) in [7, 11) is 0. The van der Waals surface area contributed by atoms with Crippen LogP contribution in [0.1, 0.15) is 5.69 Å². The zero-order valence-corrected chi connectivity index (χ0v) is 11.5. The van der Waals surface area contributed by atoms with Gasteiger partial charge >= 0.3 is 6.03 Å². The minimum atomic E-state index is -0.612. The predicted octanol–water partition coefficient (Wildman–Crippen LogP) is 2.96. The van der Waals surface area contributed by atoms with Crippen LogP contribution >= 0.6 is 11.6 Å². The molecule has 2 N–H and O–H groups in total. The van der Waals surface area contributed by atoms with Gasteiger partial charge in [-0.3, -0.25) is 15.1 Å². The topological polar surface area (TPSA) is 97.2 Å². The first kappa shape index (κ1) is 14.7. The number of hydrogen-bond acceptors (Lipinski definition) is 4. The van der Waals surface area contributed by atoms with E-state index < -0.39 is 11.0 Å². The molecule has 0 saturated carbocycles. The lowest BCUT2D eigenvalue weighted by molar-refractivity contribution is -0.384. The summed E-state index contributed by atoms with van der Waals surface area (Å²) in [6.07, 6.45) is 1.62. The Hall–Kier alpha value is -2.67. The van der Waals surface area contributed by atoms with Crippen LogP contribution in [0.4, 0.5) is 16.2 Å². The molecule has 1 aromatic carbocycles. The molecular weight excluding hydrogens is 296 g/mol. The first-order chi connectivity index (χ1) is 10.1. The summed E-state index contributed by atoms with van der Waals surface area (Å²) in [6, 6.07) is 8.90. The molecule has 0 saturated heterocycles.